The first-order valence-electron chi connectivity index (χ1n) is 6.94. The van der Waals surface area contributed by atoms with E-state index in [-0.39, 0.29) is 0 Å². The molecule has 0 heterocycles. The Balaban J connectivity index is 2.14. The highest BCUT2D eigenvalue weighted by molar-refractivity contribution is 8.50. The van der Waals surface area contributed by atoms with Gasteiger partial charge in [-0.3, -0.25) is 0 Å². The van der Waals surface area contributed by atoms with E-state index in [4.69, 9.17) is 10.7 Å². The minimum Gasteiger partial charge on any atom is -0.158 e. The number of halogens is 1. The van der Waals surface area contributed by atoms with Crippen LogP contribution in [-0.4, -0.2) is 12.5 Å². The maximum Gasteiger partial charge on any atom is 0.0474 e. The van der Waals surface area contributed by atoms with Crippen molar-refractivity contribution in [2.24, 2.45) is 5.41 Å². The average molecular weight is 295 g/mol. The Bertz CT molecular complexity index is 576. The van der Waals surface area contributed by atoms with Gasteiger partial charge in [0, 0.05) is 5.25 Å². The Hall–Kier alpha value is -0.400. The molecule has 0 radical (unpaired) electrons. The van der Waals surface area contributed by atoms with Gasteiger partial charge >= 0.3 is 0 Å². The summed E-state index contributed by atoms with van der Waals surface area (Å²) in [5, 5.41) is 0.443. The van der Waals surface area contributed by atoms with Crippen LogP contribution in [0.4, 0.5) is 0 Å². The van der Waals surface area contributed by atoms with Gasteiger partial charge in [0.1, 0.15) is 0 Å². The van der Waals surface area contributed by atoms with Crippen molar-refractivity contribution in [2.75, 3.05) is 12.5 Å². The first-order valence-corrected chi connectivity index (χ1v) is 10.3. The average Bonchev–Trinajstić information content (AvgIpc) is 2.71. The molecule has 0 spiro atoms. The first-order chi connectivity index (χ1) is 8.69. The van der Waals surface area contributed by atoms with Crippen molar-refractivity contribution in [1.82, 2.24) is 0 Å². The summed E-state index contributed by atoms with van der Waals surface area (Å²) in [6, 6.07) is 4.69. The summed E-state index contributed by atoms with van der Waals surface area (Å²) in [6.07, 6.45) is 9.24. The van der Waals surface area contributed by atoms with Crippen molar-refractivity contribution < 1.29 is 0 Å². The van der Waals surface area contributed by atoms with Gasteiger partial charge in [0.15, 0.2) is 0 Å². The summed E-state index contributed by atoms with van der Waals surface area (Å²) in [5.41, 5.74) is 7.97. The summed E-state index contributed by atoms with van der Waals surface area (Å²) in [7, 11) is 5.60. The fourth-order valence-corrected chi connectivity index (χ4v) is 6.32. The SMILES string of the molecule is CC1=Cc2c(ccc3c2CC(C)(C)C3)C1S(C)(C)Cl. The number of hydrogen-bond donors (Lipinski definition) is 0. The largest absolute Gasteiger partial charge is 0.158 e. The van der Waals surface area contributed by atoms with Crippen molar-refractivity contribution in [3.05, 3.63) is 40.0 Å². The normalized spacial score (nSPS) is 24.9. The lowest BCUT2D eigenvalue weighted by atomic mass is 9.90. The van der Waals surface area contributed by atoms with Crippen molar-refractivity contribution >= 4 is 26.0 Å². The minimum atomic E-state index is -1.11. The molecule has 2 aliphatic carbocycles. The summed E-state index contributed by atoms with van der Waals surface area (Å²) >= 11 is 0. The lowest BCUT2D eigenvalue weighted by Gasteiger charge is -2.32. The molecule has 0 saturated heterocycles. The molecule has 0 saturated carbocycles. The van der Waals surface area contributed by atoms with Crippen LogP contribution in [0.2, 0.25) is 0 Å². The zero-order chi connectivity index (χ0) is 14.0. The smallest absolute Gasteiger partial charge is 0.0474 e. The Kier molecular flexibility index (Phi) is 2.89. The molecule has 1 atom stereocenters. The van der Waals surface area contributed by atoms with Gasteiger partial charge in [0.2, 0.25) is 0 Å². The van der Waals surface area contributed by atoms with Crippen molar-refractivity contribution in [2.45, 2.75) is 38.9 Å². The molecule has 0 bridgehead atoms. The van der Waals surface area contributed by atoms with Crippen LogP contribution < -0.4 is 0 Å². The third-order valence-electron chi connectivity index (χ3n) is 4.44. The third kappa shape index (κ3) is 2.15. The predicted octanol–water partition coefficient (Wildman–Crippen LogP) is 5.49. The van der Waals surface area contributed by atoms with Crippen LogP contribution in [0.5, 0.6) is 0 Å². The van der Waals surface area contributed by atoms with Crippen LogP contribution >= 0.6 is 19.9 Å². The molecule has 19 heavy (non-hydrogen) atoms. The minimum absolute atomic E-state index is 0.417. The number of hydrogen-bond acceptors (Lipinski definition) is 0. The molecule has 2 heteroatoms. The standard InChI is InChI=1S/C17H23ClS/c1-11-8-14-13(16(11)19(4,5)18)7-6-12-9-17(2,3)10-15(12)14/h6-8,16H,9-10H2,1-5H3. The zero-order valence-corrected chi connectivity index (χ0v) is 14.1. The van der Waals surface area contributed by atoms with Gasteiger partial charge in [-0.1, -0.05) is 48.3 Å². The quantitative estimate of drug-likeness (QED) is 0.643. The molecule has 0 N–H and O–H groups in total. The molecule has 3 rings (SSSR count). The van der Waals surface area contributed by atoms with Gasteiger partial charge in [-0.15, -0.1) is 0 Å². The molecule has 104 valence electrons. The van der Waals surface area contributed by atoms with Crippen LogP contribution in [-0.2, 0) is 12.8 Å². The van der Waals surface area contributed by atoms with Crippen LogP contribution in [0.1, 0.15) is 48.3 Å². The number of benzene rings is 1. The van der Waals surface area contributed by atoms with Crippen molar-refractivity contribution in [3.63, 3.8) is 0 Å². The highest BCUT2D eigenvalue weighted by Crippen LogP contribution is 2.65. The van der Waals surface area contributed by atoms with Crippen molar-refractivity contribution in [3.8, 4) is 0 Å². The Morgan fingerprint density at radius 1 is 1.21 bits per heavy atom. The van der Waals surface area contributed by atoms with Crippen LogP contribution in [0.3, 0.4) is 0 Å². The lowest BCUT2D eigenvalue weighted by Crippen LogP contribution is -2.09. The highest BCUT2D eigenvalue weighted by Gasteiger charge is 2.36. The molecule has 0 fully saturated rings. The second-order valence-corrected chi connectivity index (χ2v) is 12.7. The van der Waals surface area contributed by atoms with E-state index in [9.17, 15) is 0 Å². The third-order valence-corrected chi connectivity index (χ3v) is 6.72. The summed E-state index contributed by atoms with van der Waals surface area (Å²) in [6.45, 7) is 6.99. The van der Waals surface area contributed by atoms with Crippen LogP contribution in [0, 0.1) is 5.41 Å². The lowest BCUT2D eigenvalue weighted by molar-refractivity contribution is 0.392. The molecule has 1 unspecified atom stereocenters. The topological polar surface area (TPSA) is 0 Å². The van der Waals surface area contributed by atoms with Crippen LogP contribution in [0.15, 0.2) is 17.7 Å². The van der Waals surface area contributed by atoms with Gasteiger partial charge in [-0.25, -0.2) is 0 Å². The maximum atomic E-state index is 6.71. The van der Waals surface area contributed by atoms with E-state index >= 15 is 0 Å². The zero-order valence-electron chi connectivity index (χ0n) is 12.5. The number of fused-ring (bicyclic) bond motifs is 3. The Labute approximate surface area is 123 Å². The molecular weight excluding hydrogens is 272 g/mol. The van der Waals surface area contributed by atoms with E-state index in [1.807, 2.05) is 0 Å². The van der Waals surface area contributed by atoms with E-state index < -0.39 is 9.24 Å². The van der Waals surface area contributed by atoms with E-state index in [0.29, 0.717) is 10.7 Å². The molecule has 0 nitrogen and oxygen atoms in total. The molecule has 1 aromatic carbocycles. The van der Waals surface area contributed by atoms with E-state index in [1.54, 1.807) is 11.1 Å². The van der Waals surface area contributed by atoms with Gasteiger partial charge in [0.05, 0.1) is 0 Å². The highest BCUT2D eigenvalue weighted by atomic mass is 35.7. The first kappa shape index (κ1) is 13.6. The molecule has 0 aliphatic heterocycles. The fourth-order valence-electron chi connectivity index (χ4n) is 3.85. The molecule has 0 aromatic heterocycles. The monoisotopic (exact) mass is 294 g/mol. The van der Waals surface area contributed by atoms with E-state index in [0.717, 1.165) is 0 Å². The molecule has 1 aromatic rings. The molecule has 2 aliphatic rings. The predicted molar refractivity (Wildman–Crippen MR) is 89.3 cm³/mol. The van der Waals surface area contributed by atoms with Crippen LogP contribution in [0.25, 0.3) is 6.08 Å². The van der Waals surface area contributed by atoms with E-state index in [2.05, 4.69) is 51.5 Å². The van der Waals surface area contributed by atoms with Gasteiger partial charge < -0.3 is 0 Å². The van der Waals surface area contributed by atoms with Gasteiger partial charge in [-0.05, 0) is 59.9 Å². The van der Waals surface area contributed by atoms with Gasteiger partial charge in [-0.2, -0.15) is 9.24 Å². The number of rotatable bonds is 1. The summed E-state index contributed by atoms with van der Waals surface area (Å²) < 4.78 is 0. The second-order valence-electron chi connectivity index (χ2n) is 7.27. The van der Waals surface area contributed by atoms with E-state index in [1.165, 1.54) is 29.5 Å². The Morgan fingerprint density at radius 2 is 1.89 bits per heavy atom. The fraction of sp³-hybridized carbons (Fsp3) is 0.529. The van der Waals surface area contributed by atoms with Gasteiger partial charge in [0.25, 0.3) is 0 Å². The summed E-state index contributed by atoms with van der Waals surface area (Å²) in [4.78, 5) is 0. The molecule has 0 amide bonds. The second kappa shape index (κ2) is 4.05. The Morgan fingerprint density at radius 3 is 2.53 bits per heavy atom. The van der Waals surface area contributed by atoms with Crippen molar-refractivity contribution in [1.29, 1.82) is 0 Å². The molecular formula is C17H23ClS. The maximum absolute atomic E-state index is 6.71. The summed E-state index contributed by atoms with van der Waals surface area (Å²) in [5.74, 6) is 0.